The average Bonchev–Trinajstić information content (AvgIpc) is 2.43. The summed E-state index contributed by atoms with van der Waals surface area (Å²) in [5, 5.41) is 8.82. The Labute approximate surface area is 83.6 Å². The number of fused-ring (bicyclic) bond motifs is 1. The second-order valence-corrected chi connectivity index (χ2v) is 4.08. The third-order valence-electron chi connectivity index (χ3n) is 3.08. The lowest BCUT2D eigenvalue weighted by molar-refractivity contribution is -0.137. The Morgan fingerprint density at radius 3 is 2.93 bits per heavy atom. The summed E-state index contributed by atoms with van der Waals surface area (Å²) in [6.45, 7) is 2.13. The van der Waals surface area contributed by atoms with Crippen LogP contribution in [-0.4, -0.2) is 11.1 Å². The van der Waals surface area contributed by atoms with Gasteiger partial charge >= 0.3 is 5.97 Å². The fourth-order valence-corrected chi connectivity index (χ4v) is 2.38. The maximum atomic E-state index is 10.7. The molecule has 14 heavy (non-hydrogen) atoms. The number of hydrogen-bond donors (Lipinski definition) is 1. The van der Waals surface area contributed by atoms with E-state index in [0.717, 1.165) is 6.42 Å². The molecule has 0 amide bonds. The highest BCUT2D eigenvalue weighted by atomic mass is 16.4. The number of aliphatic carboxylic acids is 1. The molecule has 2 rings (SSSR count). The molecule has 1 N–H and O–H groups in total. The van der Waals surface area contributed by atoms with Crippen LogP contribution in [0.5, 0.6) is 0 Å². The van der Waals surface area contributed by atoms with Gasteiger partial charge in [0, 0.05) is 0 Å². The van der Waals surface area contributed by atoms with E-state index < -0.39 is 5.97 Å². The van der Waals surface area contributed by atoms with Crippen LogP contribution in [0.1, 0.15) is 30.4 Å². The van der Waals surface area contributed by atoms with E-state index in [1.165, 1.54) is 11.1 Å². The summed E-state index contributed by atoms with van der Waals surface area (Å²) in [6, 6.07) is 8.18. The van der Waals surface area contributed by atoms with Gasteiger partial charge in [0.05, 0.1) is 6.42 Å². The van der Waals surface area contributed by atoms with Crippen LogP contribution in [0.15, 0.2) is 24.3 Å². The summed E-state index contributed by atoms with van der Waals surface area (Å²) in [5.41, 5.74) is 2.56. The van der Waals surface area contributed by atoms with Crippen molar-refractivity contribution < 1.29 is 9.90 Å². The second-order valence-electron chi connectivity index (χ2n) is 4.08. The average molecular weight is 190 g/mol. The van der Waals surface area contributed by atoms with Gasteiger partial charge in [-0.2, -0.15) is 0 Å². The van der Waals surface area contributed by atoms with Crippen molar-refractivity contribution >= 4 is 5.97 Å². The molecule has 74 valence electrons. The highest BCUT2D eigenvalue weighted by Gasteiger charge is 2.30. The predicted molar refractivity (Wildman–Crippen MR) is 54.3 cm³/mol. The number of rotatable bonds is 2. The number of benzene rings is 1. The molecule has 0 bridgehead atoms. The monoisotopic (exact) mass is 190 g/mol. The van der Waals surface area contributed by atoms with Gasteiger partial charge in [-0.05, 0) is 29.4 Å². The molecule has 0 aromatic heterocycles. The first-order valence-electron chi connectivity index (χ1n) is 4.98. The molecule has 1 aromatic rings. The SMILES string of the molecule is C[C@@H]1Cc2ccccc2[C@@H]1CC(=O)O. The molecule has 2 nitrogen and oxygen atoms in total. The number of carboxylic acids is 1. The lowest BCUT2D eigenvalue weighted by Gasteiger charge is -2.13. The van der Waals surface area contributed by atoms with Crippen molar-refractivity contribution in [2.75, 3.05) is 0 Å². The van der Waals surface area contributed by atoms with Gasteiger partial charge in [-0.3, -0.25) is 4.79 Å². The van der Waals surface area contributed by atoms with Crippen LogP contribution in [-0.2, 0) is 11.2 Å². The molecule has 1 aliphatic carbocycles. The molecule has 0 saturated carbocycles. The van der Waals surface area contributed by atoms with Gasteiger partial charge in [0.15, 0.2) is 0 Å². The van der Waals surface area contributed by atoms with E-state index in [-0.39, 0.29) is 12.3 Å². The third kappa shape index (κ3) is 1.52. The zero-order valence-electron chi connectivity index (χ0n) is 8.23. The van der Waals surface area contributed by atoms with Crippen molar-refractivity contribution in [2.45, 2.75) is 25.7 Å². The molecule has 0 radical (unpaired) electrons. The van der Waals surface area contributed by atoms with E-state index >= 15 is 0 Å². The third-order valence-corrected chi connectivity index (χ3v) is 3.08. The van der Waals surface area contributed by atoms with Gasteiger partial charge in [0.25, 0.3) is 0 Å². The van der Waals surface area contributed by atoms with Crippen LogP contribution in [0, 0.1) is 5.92 Å². The normalized spacial score (nSPS) is 24.6. The van der Waals surface area contributed by atoms with Crippen molar-refractivity contribution in [3.8, 4) is 0 Å². The van der Waals surface area contributed by atoms with Crippen LogP contribution >= 0.6 is 0 Å². The van der Waals surface area contributed by atoms with Crippen molar-refractivity contribution in [3.63, 3.8) is 0 Å². The minimum absolute atomic E-state index is 0.212. The Morgan fingerprint density at radius 1 is 1.50 bits per heavy atom. The molecule has 1 aromatic carbocycles. The Bertz CT molecular complexity index is 357. The summed E-state index contributed by atoms with van der Waals surface area (Å²) in [7, 11) is 0. The summed E-state index contributed by atoms with van der Waals surface area (Å²) in [6.07, 6.45) is 1.28. The van der Waals surface area contributed by atoms with Crippen molar-refractivity contribution in [3.05, 3.63) is 35.4 Å². The zero-order chi connectivity index (χ0) is 10.1. The van der Waals surface area contributed by atoms with E-state index in [2.05, 4.69) is 19.1 Å². The molecule has 0 spiro atoms. The van der Waals surface area contributed by atoms with E-state index in [0.29, 0.717) is 5.92 Å². The molecule has 0 heterocycles. The Kier molecular flexibility index (Phi) is 2.28. The van der Waals surface area contributed by atoms with Gasteiger partial charge in [-0.25, -0.2) is 0 Å². The summed E-state index contributed by atoms with van der Waals surface area (Å²) < 4.78 is 0. The topological polar surface area (TPSA) is 37.3 Å². The van der Waals surface area contributed by atoms with E-state index in [1.54, 1.807) is 0 Å². The molecule has 0 unspecified atom stereocenters. The fourth-order valence-electron chi connectivity index (χ4n) is 2.38. The Morgan fingerprint density at radius 2 is 2.21 bits per heavy atom. The van der Waals surface area contributed by atoms with E-state index in [9.17, 15) is 4.79 Å². The molecule has 0 saturated heterocycles. The van der Waals surface area contributed by atoms with Crippen LogP contribution in [0.25, 0.3) is 0 Å². The smallest absolute Gasteiger partial charge is 0.303 e. The highest BCUT2D eigenvalue weighted by Crippen LogP contribution is 2.39. The second kappa shape index (κ2) is 3.45. The first kappa shape index (κ1) is 9.25. The van der Waals surface area contributed by atoms with Gasteiger partial charge in [-0.15, -0.1) is 0 Å². The standard InChI is InChI=1S/C12H14O2/c1-8-6-9-4-2-3-5-10(9)11(8)7-12(13)14/h2-5,8,11H,6-7H2,1H3,(H,13,14)/t8-,11-/m1/s1. The molecule has 1 aliphatic rings. The van der Waals surface area contributed by atoms with Gasteiger partial charge in [0.2, 0.25) is 0 Å². The number of carbonyl (C=O) groups is 1. The van der Waals surface area contributed by atoms with E-state index in [1.807, 2.05) is 12.1 Å². The number of hydrogen-bond acceptors (Lipinski definition) is 1. The van der Waals surface area contributed by atoms with Crippen LogP contribution < -0.4 is 0 Å². The summed E-state index contributed by atoms with van der Waals surface area (Å²) in [5.74, 6) is -0.0225. The van der Waals surface area contributed by atoms with Crippen LogP contribution in [0.2, 0.25) is 0 Å². The Balaban J connectivity index is 2.30. The summed E-state index contributed by atoms with van der Waals surface area (Å²) in [4.78, 5) is 10.7. The maximum Gasteiger partial charge on any atom is 0.303 e. The predicted octanol–water partition coefficient (Wildman–Crippen LogP) is 2.44. The van der Waals surface area contributed by atoms with Gasteiger partial charge < -0.3 is 5.11 Å². The maximum absolute atomic E-state index is 10.7. The van der Waals surface area contributed by atoms with E-state index in [4.69, 9.17) is 5.11 Å². The largest absolute Gasteiger partial charge is 0.481 e. The van der Waals surface area contributed by atoms with Crippen molar-refractivity contribution in [1.82, 2.24) is 0 Å². The molecular formula is C12H14O2. The Hall–Kier alpha value is -1.31. The molecular weight excluding hydrogens is 176 g/mol. The van der Waals surface area contributed by atoms with Crippen LogP contribution in [0.3, 0.4) is 0 Å². The lowest BCUT2D eigenvalue weighted by Crippen LogP contribution is -2.09. The molecule has 0 fully saturated rings. The zero-order valence-corrected chi connectivity index (χ0v) is 8.23. The summed E-state index contributed by atoms with van der Waals surface area (Å²) >= 11 is 0. The van der Waals surface area contributed by atoms with Crippen LogP contribution in [0.4, 0.5) is 0 Å². The lowest BCUT2D eigenvalue weighted by atomic mass is 9.91. The fraction of sp³-hybridized carbons (Fsp3) is 0.417. The molecule has 2 heteroatoms. The first-order chi connectivity index (χ1) is 6.68. The minimum atomic E-state index is -0.696. The first-order valence-corrected chi connectivity index (χ1v) is 4.98. The minimum Gasteiger partial charge on any atom is -0.481 e. The van der Waals surface area contributed by atoms with Gasteiger partial charge in [0.1, 0.15) is 0 Å². The van der Waals surface area contributed by atoms with Crippen molar-refractivity contribution in [1.29, 1.82) is 0 Å². The van der Waals surface area contributed by atoms with Gasteiger partial charge in [-0.1, -0.05) is 31.2 Å². The quantitative estimate of drug-likeness (QED) is 0.777. The number of carboxylic acid groups (broad SMARTS) is 1. The highest BCUT2D eigenvalue weighted by molar-refractivity contribution is 5.68. The molecule has 0 aliphatic heterocycles. The van der Waals surface area contributed by atoms with Crippen molar-refractivity contribution in [2.24, 2.45) is 5.92 Å². The molecule has 2 atom stereocenters.